The number of fused-ring (bicyclic) bond motifs is 1. The number of ether oxygens (including phenoxy) is 3. The summed E-state index contributed by atoms with van der Waals surface area (Å²) < 4.78 is 46.2. The van der Waals surface area contributed by atoms with E-state index in [-0.39, 0.29) is 30.1 Å². The number of methoxy groups -OCH3 is 1. The maximum atomic E-state index is 13.7. The van der Waals surface area contributed by atoms with Crippen molar-refractivity contribution < 1.29 is 27.7 Å². The molecule has 9 heteroatoms. The van der Waals surface area contributed by atoms with Gasteiger partial charge in [0, 0.05) is 44.8 Å². The van der Waals surface area contributed by atoms with Gasteiger partial charge >= 0.3 is 0 Å². The first-order valence-corrected chi connectivity index (χ1v) is 14.5. The maximum Gasteiger partial charge on any atom is 0.247 e. The van der Waals surface area contributed by atoms with Gasteiger partial charge in [0.15, 0.2) is 0 Å². The first kappa shape index (κ1) is 27.9. The molecule has 0 saturated carbocycles. The fourth-order valence-electron chi connectivity index (χ4n) is 5.16. The Hall–Kier alpha value is -2.17. The highest BCUT2D eigenvalue weighted by Crippen LogP contribution is 2.37. The average molecular weight is 533 g/mol. The SMILES string of the molecule is COc1ccc(-c2ccc3c(c2)O[C@H](CN(C)CC2CCOCC2)[C@@H](C)CN([C@@H](C)CO)S3(=O)=O)cc1. The molecular weight excluding hydrogens is 492 g/mol. The highest BCUT2D eigenvalue weighted by atomic mass is 32.2. The van der Waals surface area contributed by atoms with Gasteiger partial charge in [-0.25, -0.2) is 8.42 Å². The lowest BCUT2D eigenvalue weighted by molar-refractivity contribution is 0.0402. The molecule has 0 unspecified atom stereocenters. The molecule has 1 saturated heterocycles. The highest BCUT2D eigenvalue weighted by molar-refractivity contribution is 7.89. The molecule has 0 bridgehead atoms. The van der Waals surface area contributed by atoms with E-state index in [0.717, 1.165) is 49.5 Å². The number of likely N-dealkylation sites (N-methyl/N-ethyl adjacent to an activating group) is 1. The predicted octanol–water partition coefficient (Wildman–Crippen LogP) is 3.49. The van der Waals surface area contributed by atoms with E-state index in [4.69, 9.17) is 14.2 Å². The molecule has 0 radical (unpaired) electrons. The van der Waals surface area contributed by atoms with E-state index in [9.17, 15) is 13.5 Å². The number of hydrogen-bond donors (Lipinski definition) is 1. The summed E-state index contributed by atoms with van der Waals surface area (Å²) in [6, 6.07) is 12.4. The van der Waals surface area contributed by atoms with Crippen LogP contribution in [-0.2, 0) is 14.8 Å². The molecule has 2 aromatic carbocycles. The average Bonchev–Trinajstić information content (AvgIpc) is 2.90. The minimum atomic E-state index is -3.87. The molecule has 0 spiro atoms. The van der Waals surface area contributed by atoms with Crippen molar-refractivity contribution in [2.75, 3.05) is 53.6 Å². The van der Waals surface area contributed by atoms with Crippen molar-refractivity contribution in [1.82, 2.24) is 9.21 Å². The van der Waals surface area contributed by atoms with E-state index >= 15 is 0 Å². The Bertz CT molecular complexity index is 1130. The first-order chi connectivity index (χ1) is 17.7. The summed E-state index contributed by atoms with van der Waals surface area (Å²) >= 11 is 0. The number of sulfonamides is 1. The quantitative estimate of drug-likeness (QED) is 0.557. The molecule has 2 aliphatic heterocycles. The van der Waals surface area contributed by atoms with Crippen LogP contribution < -0.4 is 9.47 Å². The Morgan fingerprint density at radius 1 is 1.11 bits per heavy atom. The second-order valence-electron chi connectivity index (χ2n) is 10.4. The zero-order valence-corrected chi connectivity index (χ0v) is 23.1. The van der Waals surface area contributed by atoms with Gasteiger partial charge in [0.05, 0.1) is 13.7 Å². The van der Waals surface area contributed by atoms with Crippen molar-refractivity contribution >= 4 is 10.0 Å². The van der Waals surface area contributed by atoms with Crippen molar-refractivity contribution in [1.29, 1.82) is 0 Å². The lowest BCUT2D eigenvalue weighted by atomic mass is 9.98. The highest BCUT2D eigenvalue weighted by Gasteiger charge is 2.38. The van der Waals surface area contributed by atoms with Crippen LogP contribution in [0.2, 0.25) is 0 Å². The van der Waals surface area contributed by atoms with Crippen LogP contribution in [0.5, 0.6) is 11.5 Å². The minimum Gasteiger partial charge on any atom is -0.497 e. The Kier molecular flexibility index (Phi) is 9.13. The zero-order valence-electron chi connectivity index (χ0n) is 22.3. The molecule has 1 N–H and O–H groups in total. The molecule has 2 aliphatic rings. The maximum absolute atomic E-state index is 13.7. The van der Waals surface area contributed by atoms with Gasteiger partial charge in [-0.05, 0) is 68.1 Å². The number of rotatable bonds is 8. The van der Waals surface area contributed by atoms with Crippen molar-refractivity contribution in [2.45, 2.75) is 43.7 Å². The van der Waals surface area contributed by atoms with Crippen LogP contribution in [-0.4, -0.2) is 88.5 Å². The fourth-order valence-corrected chi connectivity index (χ4v) is 6.98. The molecule has 0 aliphatic carbocycles. The van der Waals surface area contributed by atoms with Crippen molar-refractivity contribution in [3.05, 3.63) is 42.5 Å². The standard InChI is InChI=1S/C28H40N2O6S/c1-20-16-30(21(2)19-31)37(32,33)28-10-7-24(23-5-8-25(34-4)9-6-23)15-26(28)36-27(20)18-29(3)17-22-11-13-35-14-12-22/h5-10,15,20-22,27,31H,11-14,16-19H2,1-4H3/t20-,21-,27+/m0/s1. The molecule has 3 atom stereocenters. The predicted molar refractivity (Wildman–Crippen MR) is 143 cm³/mol. The minimum absolute atomic E-state index is 0.0845. The number of aliphatic hydroxyl groups is 1. The molecule has 204 valence electrons. The van der Waals surface area contributed by atoms with E-state index in [1.807, 2.05) is 37.3 Å². The van der Waals surface area contributed by atoms with Crippen molar-refractivity contribution in [3.63, 3.8) is 0 Å². The molecule has 2 aromatic rings. The fraction of sp³-hybridized carbons (Fsp3) is 0.571. The van der Waals surface area contributed by atoms with Crippen LogP contribution in [0.1, 0.15) is 26.7 Å². The molecule has 8 nitrogen and oxygen atoms in total. The molecular formula is C28H40N2O6S. The van der Waals surface area contributed by atoms with Crippen LogP contribution in [0.4, 0.5) is 0 Å². The smallest absolute Gasteiger partial charge is 0.247 e. The zero-order chi connectivity index (χ0) is 26.6. The Balaban J connectivity index is 1.68. The summed E-state index contributed by atoms with van der Waals surface area (Å²) in [5, 5.41) is 9.88. The van der Waals surface area contributed by atoms with Gasteiger partial charge in [-0.2, -0.15) is 4.31 Å². The van der Waals surface area contributed by atoms with Gasteiger partial charge in [-0.15, -0.1) is 0 Å². The number of nitrogens with zero attached hydrogens (tertiary/aromatic N) is 2. The third-order valence-electron chi connectivity index (χ3n) is 7.49. The lowest BCUT2D eigenvalue weighted by Crippen LogP contribution is -2.50. The Morgan fingerprint density at radius 3 is 2.43 bits per heavy atom. The number of hydrogen-bond acceptors (Lipinski definition) is 7. The third kappa shape index (κ3) is 6.46. The van der Waals surface area contributed by atoms with E-state index in [1.165, 1.54) is 4.31 Å². The molecule has 1 fully saturated rings. The summed E-state index contributed by atoms with van der Waals surface area (Å²) in [5.74, 6) is 1.60. The number of aliphatic hydroxyl groups excluding tert-OH is 1. The summed E-state index contributed by atoms with van der Waals surface area (Å²) in [6.45, 7) is 7.03. The summed E-state index contributed by atoms with van der Waals surface area (Å²) in [6.07, 6.45) is 1.89. The summed E-state index contributed by atoms with van der Waals surface area (Å²) in [5.41, 5.74) is 1.80. The summed E-state index contributed by atoms with van der Waals surface area (Å²) in [7, 11) is -0.146. The normalized spacial score (nSPS) is 23.5. The van der Waals surface area contributed by atoms with Crippen LogP contribution in [0.3, 0.4) is 0 Å². The molecule has 0 amide bonds. The molecule has 4 rings (SSSR count). The van der Waals surface area contributed by atoms with E-state index in [0.29, 0.717) is 18.2 Å². The Morgan fingerprint density at radius 2 is 1.78 bits per heavy atom. The van der Waals surface area contributed by atoms with Crippen LogP contribution in [0.25, 0.3) is 11.1 Å². The van der Waals surface area contributed by atoms with E-state index in [1.54, 1.807) is 26.2 Å². The Labute approximate surface area is 221 Å². The monoisotopic (exact) mass is 532 g/mol. The second kappa shape index (κ2) is 12.1. The van der Waals surface area contributed by atoms with Crippen molar-refractivity contribution in [3.8, 4) is 22.6 Å². The lowest BCUT2D eigenvalue weighted by Gasteiger charge is -2.38. The van der Waals surface area contributed by atoms with Gasteiger partial charge in [-0.1, -0.05) is 25.1 Å². The second-order valence-corrected chi connectivity index (χ2v) is 12.3. The van der Waals surface area contributed by atoms with Gasteiger partial charge in [0.25, 0.3) is 0 Å². The van der Waals surface area contributed by atoms with Crippen LogP contribution in [0.15, 0.2) is 47.4 Å². The largest absolute Gasteiger partial charge is 0.497 e. The molecule has 37 heavy (non-hydrogen) atoms. The van der Waals surface area contributed by atoms with Crippen LogP contribution in [0, 0.1) is 11.8 Å². The summed E-state index contributed by atoms with van der Waals surface area (Å²) in [4.78, 5) is 2.43. The number of benzene rings is 2. The molecule has 0 aromatic heterocycles. The van der Waals surface area contributed by atoms with Gasteiger partial charge in [0.2, 0.25) is 10.0 Å². The van der Waals surface area contributed by atoms with E-state index in [2.05, 4.69) is 11.9 Å². The third-order valence-corrected chi connectivity index (χ3v) is 9.51. The van der Waals surface area contributed by atoms with Crippen molar-refractivity contribution in [2.24, 2.45) is 11.8 Å². The van der Waals surface area contributed by atoms with E-state index < -0.39 is 16.1 Å². The topological polar surface area (TPSA) is 88.5 Å². The van der Waals surface area contributed by atoms with Gasteiger partial charge in [-0.3, -0.25) is 0 Å². The van der Waals surface area contributed by atoms with Gasteiger partial charge < -0.3 is 24.2 Å². The van der Waals surface area contributed by atoms with Crippen LogP contribution >= 0.6 is 0 Å². The molecule has 2 heterocycles. The first-order valence-electron chi connectivity index (χ1n) is 13.1. The van der Waals surface area contributed by atoms with Gasteiger partial charge in [0.1, 0.15) is 22.5 Å².